The van der Waals surface area contributed by atoms with Crippen LogP contribution in [0.1, 0.15) is 5.69 Å². The molecule has 0 aliphatic heterocycles. The van der Waals surface area contributed by atoms with E-state index in [0.717, 1.165) is 0 Å². The zero-order valence-electron chi connectivity index (χ0n) is 4.53. The van der Waals surface area contributed by atoms with Gasteiger partial charge in [0, 0.05) is 0 Å². The quantitative estimate of drug-likeness (QED) is 0.541. The Labute approximate surface area is 54.7 Å². The molecule has 0 fully saturated rings. The van der Waals surface area contributed by atoms with Gasteiger partial charge in [-0.1, -0.05) is 0 Å². The monoisotopic (exact) mass is 145 g/mol. The molecular weight excluding hydrogens is 145 g/mol. The molecule has 0 spiro atoms. The number of rotatable bonds is 0. The van der Waals surface area contributed by atoms with Gasteiger partial charge in [-0.2, -0.15) is 13.2 Å². The molecule has 0 aromatic carbocycles. The number of alkyl halides is 3. The average Bonchev–Trinajstić information content (AvgIpc) is 1.88. The van der Waals surface area contributed by atoms with E-state index in [-0.39, 0.29) is 0 Å². The topological polar surface area (TPSA) is 25.8 Å². The van der Waals surface area contributed by atoms with E-state index < -0.39 is 11.9 Å². The molecule has 0 unspecified atom stereocenters. The van der Waals surface area contributed by atoms with Gasteiger partial charge in [0.2, 0.25) is 0 Å². The lowest BCUT2D eigenvalue weighted by atomic mass is 10.4. The first-order chi connectivity index (χ1) is 4.61. The smallest absolute Gasteiger partial charge is 0.240 e. The van der Waals surface area contributed by atoms with Crippen molar-refractivity contribution in [2.75, 3.05) is 0 Å². The maximum atomic E-state index is 11.6. The molecule has 1 aromatic heterocycles. The number of halogens is 3. The van der Waals surface area contributed by atoms with Crippen LogP contribution in [0.15, 0.2) is 0 Å². The van der Waals surface area contributed by atoms with Gasteiger partial charge in [-0.3, -0.25) is 0 Å². The summed E-state index contributed by atoms with van der Waals surface area (Å²) in [6, 6.07) is 0. The van der Waals surface area contributed by atoms with Crippen LogP contribution in [0.25, 0.3) is 0 Å². The van der Waals surface area contributed by atoms with Crippen molar-refractivity contribution < 1.29 is 13.2 Å². The van der Waals surface area contributed by atoms with Crippen molar-refractivity contribution in [1.82, 2.24) is 9.97 Å². The Morgan fingerprint density at radius 1 is 1.20 bits per heavy atom. The maximum absolute atomic E-state index is 11.6. The molecule has 0 bridgehead atoms. The summed E-state index contributed by atoms with van der Waals surface area (Å²) in [5, 5.41) is 0. The summed E-state index contributed by atoms with van der Waals surface area (Å²) in [6.45, 7) is 0. The lowest BCUT2D eigenvalue weighted by molar-refractivity contribution is -0.141. The summed E-state index contributed by atoms with van der Waals surface area (Å²) in [7, 11) is 0. The number of nitrogens with zero attached hydrogens (tertiary/aromatic N) is 2. The van der Waals surface area contributed by atoms with Gasteiger partial charge < -0.3 is 0 Å². The van der Waals surface area contributed by atoms with Gasteiger partial charge in [-0.15, -0.1) is 0 Å². The molecule has 0 saturated heterocycles. The maximum Gasteiger partial charge on any atom is 0.435 e. The van der Waals surface area contributed by atoms with E-state index in [1.165, 1.54) is 0 Å². The predicted molar refractivity (Wildman–Crippen MR) is 23.5 cm³/mol. The molecule has 1 heterocycles. The summed E-state index contributed by atoms with van der Waals surface area (Å²) in [4.78, 5) is 5.79. The van der Waals surface area contributed by atoms with Crippen molar-refractivity contribution in [2.45, 2.75) is 6.18 Å². The first kappa shape index (κ1) is 6.98. The Balaban J connectivity index is 2.97. The van der Waals surface area contributed by atoms with Crippen LogP contribution in [0.4, 0.5) is 13.2 Å². The minimum Gasteiger partial charge on any atom is -0.240 e. The molecule has 2 nitrogen and oxygen atoms in total. The van der Waals surface area contributed by atoms with E-state index in [0.29, 0.717) is 0 Å². The molecule has 5 heteroatoms. The zero-order valence-corrected chi connectivity index (χ0v) is 4.53. The number of hydrogen-bond acceptors (Lipinski definition) is 2. The molecule has 51 valence electrons. The zero-order chi connectivity index (χ0) is 7.61. The highest BCUT2D eigenvalue weighted by atomic mass is 19.4. The van der Waals surface area contributed by atoms with Crippen LogP contribution in [-0.4, -0.2) is 9.97 Å². The number of aromatic nitrogens is 2. The molecule has 0 aliphatic carbocycles. The minimum atomic E-state index is -4.49. The van der Waals surface area contributed by atoms with Crippen molar-refractivity contribution in [3.63, 3.8) is 0 Å². The van der Waals surface area contributed by atoms with E-state index >= 15 is 0 Å². The summed E-state index contributed by atoms with van der Waals surface area (Å²) >= 11 is 0. The Morgan fingerprint density at radius 2 is 1.90 bits per heavy atom. The second-order valence-electron chi connectivity index (χ2n) is 1.41. The van der Waals surface area contributed by atoms with Crippen LogP contribution < -0.4 is 0 Å². The Kier molecular flexibility index (Phi) is 1.57. The van der Waals surface area contributed by atoms with Crippen molar-refractivity contribution in [2.24, 2.45) is 0 Å². The van der Waals surface area contributed by atoms with Gasteiger partial charge in [0.1, 0.15) is 18.6 Å². The lowest BCUT2D eigenvalue weighted by Crippen LogP contribution is -2.08. The molecule has 0 saturated carbocycles. The largest absolute Gasteiger partial charge is 0.435 e. The highest BCUT2D eigenvalue weighted by Gasteiger charge is 2.32. The summed E-state index contributed by atoms with van der Waals surface area (Å²) in [5.74, 6) is 0. The predicted octanol–water partition coefficient (Wildman–Crippen LogP) is 0.896. The molecular formula is C5F3N2. The van der Waals surface area contributed by atoms with Gasteiger partial charge >= 0.3 is 6.18 Å². The Hall–Kier alpha value is -1.13. The van der Waals surface area contributed by atoms with E-state index in [1.807, 2.05) is 12.4 Å². The fourth-order valence-corrected chi connectivity index (χ4v) is 0.339. The minimum absolute atomic E-state index is 1.17. The summed E-state index contributed by atoms with van der Waals surface area (Å²) < 4.78 is 34.9. The van der Waals surface area contributed by atoms with Crippen molar-refractivity contribution in [3.8, 4) is 0 Å². The van der Waals surface area contributed by atoms with Crippen LogP contribution in [0.2, 0.25) is 0 Å². The van der Waals surface area contributed by atoms with Gasteiger partial charge in [0.25, 0.3) is 0 Å². The molecule has 0 amide bonds. The molecule has 10 heavy (non-hydrogen) atoms. The highest BCUT2D eigenvalue weighted by molar-refractivity contribution is 4.95. The van der Waals surface area contributed by atoms with Gasteiger partial charge in [-0.05, 0) is 0 Å². The molecule has 0 aliphatic rings. The normalized spacial score (nSPS) is 11.5. The average molecular weight is 145 g/mol. The Morgan fingerprint density at radius 3 is 2.20 bits per heavy atom. The standard InChI is InChI=1S/C5F3N2/c6-5(7,8)4-3-9-1-2-10-4. The van der Waals surface area contributed by atoms with Crippen molar-refractivity contribution in [3.05, 3.63) is 24.3 Å². The fourth-order valence-electron chi connectivity index (χ4n) is 0.339. The van der Waals surface area contributed by atoms with Gasteiger partial charge in [0.05, 0.1) is 0 Å². The molecule has 1 aromatic rings. The summed E-state index contributed by atoms with van der Waals surface area (Å²) in [5.41, 5.74) is -1.17. The highest BCUT2D eigenvalue weighted by Crippen LogP contribution is 2.25. The van der Waals surface area contributed by atoms with Crippen molar-refractivity contribution >= 4 is 0 Å². The number of hydrogen-bond donors (Lipinski definition) is 0. The van der Waals surface area contributed by atoms with E-state index in [2.05, 4.69) is 9.97 Å². The van der Waals surface area contributed by atoms with E-state index in [9.17, 15) is 13.2 Å². The molecule has 0 N–H and O–H groups in total. The van der Waals surface area contributed by atoms with Crippen LogP contribution in [0.3, 0.4) is 0 Å². The Bertz CT molecular complexity index is 206. The third kappa shape index (κ3) is 1.43. The third-order valence-corrected chi connectivity index (χ3v) is 0.704. The van der Waals surface area contributed by atoms with Crippen molar-refractivity contribution in [1.29, 1.82) is 0 Å². The first-order valence-electron chi connectivity index (χ1n) is 2.21. The fraction of sp³-hybridized carbons (Fsp3) is 0.200. The summed E-state index contributed by atoms with van der Waals surface area (Å²) in [6.07, 6.45) is 0.941. The molecule has 1 rings (SSSR count). The SMILES string of the molecule is FC(F)(F)c1[c]n[c][c]n1. The molecule has 3 radical (unpaired) electrons. The van der Waals surface area contributed by atoms with E-state index in [4.69, 9.17) is 0 Å². The van der Waals surface area contributed by atoms with Crippen LogP contribution in [0.5, 0.6) is 0 Å². The lowest BCUT2D eigenvalue weighted by Gasteiger charge is -2.00. The van der Waals surface area contributed by atoms with Gasteiger partial charge in [0.15, 0.2) is 5.69 Å². The second kappa shape index (κ2) is 2.24. The van der Waals surface area contributed by atoms with Crippen LogP contribution in [-0.2, 0) is 6.18 Å². The second-order valence-corrected chi connectivity index (χ2v) is 1.41. The van der Waals surface area contributed by atoms with Gasteiger partial charge in [-0.25, -0.2) is 9.97 Å². The molecule has 0 atom stereocenters. The van der Waals surface area contributed by atoms with Crippen LogP contribution >= 0.6 is 0 Å². The first-order valence-corrected chi connectivity index (χ1v) is 2.21. The van der Waals surface area contributed by atoms with E-state index in [1.54, 1.807) is 6.20 Å². The third-order valence-electron chi connectivity index (χ3n) is 0.704. The van der Waals surface area contributed by atoms with Crippen LogP contribution in [0, 0.1) is 18.6 Å².